The molecule has 0 fully saturated rings. The predicted molar refractivity (Wildman–Crippen MR) is 77.7 cm³/mol. The van der Waals surface area contributed by atoms with Crippen LogP contribution < -0.4 is 4.74 Å². The van der Waals surface area contributed by atoms with Crippen molar-refractivity contribution in [3.8, 4) is 5.75 Å². The molecule has 5 nitrogen and oxygen atoms in total. The van der Waals surface area contributed by atoms with Crippen LogP contribution in [0.1, 0.15) is 5.56 Å². The Balaban J connectivity index is 1.69. The van der Waals surface area contributed by atoms with Gasteiger partial charge in [0.2, 0.25) is 5.90 Å². The quantitative estimate of drug-likeness (QED) is 0.637. The molecule has 21 heavy (non-hydrogen) atoms. The van der Waals surface area contributed by atoms with Crippen LogP contribution in [0.5, 0.6) is 5.75 Å². The lowest BCUT2D eigenvalue weighted by molar-refractivity contribution is -0.130. The summed E-state index contributed by atoms with van der Waals surface area (Å²) in [5.41, 5.74) is 1.10. The second kappa shape index (κ2) is 6.00. The SMILES string of the molecule is O=C1OC(COc2ccccc2)=N/C1=C/c1ccncc1. The minimum Gasteiger partial charge on any atom is -0.484 e. The highest BCUT2D eigenvalue weighted by Crippen LogP contribution is 2.16. The maximum atomic E-state index is 11.7. The topological polar surface area (TPSA) is 60.8 Å². The van der Waals surface area contributed by atoms with E-state index in [4.69, 9.17) is 9.47 Å². The van der Waals surface area contributed by atoms with Crippen molar-refractivity contribution in [2.24, 2.45) is 4.99 Å². The highest BCUT2D eigenvalue weighted by atomic mass is 16.6. The number of hydrogen-bond donors (Lipinski definition) is 0. The summed E-state index contributed by atoms with van der Waals surface area (Å²) in [6.07, 6.45) is 4.95. The van der Waals surface area contributed by atoms with Crippen LogP contribution in [0.4, 0.5) is 0 Å². The minimum absolute atomic E-state index is 0.115. The van der Waals surface area contributed by atoms with E-state index in [1.54, 1.807) is 30.6 Å². The lowest BCUT2D eigenvalue weighted by Gasteiger charge is -2.03. The molecule has 0 bridgehead atoms. The van der Waals surface area contributed by atoms with E-state index in [0.29, 0.717) is 5.75 Å². The Morgan fingerprint density at radius 1 is 1.10 bits per heavy atom. The summed E-state index contributed by atoms with van der Waals surface area (Å²) in [4.78, 5) is 19.8. The summed E-state index contributed by atoms with van der Waals surface area (Å²) in [6.45, 7) is 0.115. The number of esters is 1. The lowest BCUT2D eigenvalue weighted by atomic mass is 10.2. The molecule has 0 spiro atoms. The van der Waals surface area contributed by atoms with Gasteiger partial charge in [0.1, 0.15) is 5.75 Å². The second-order valence-electron chi connectivity index (χ2n) is 4.31. The minimum atomic E-state index is -0.474. The van der Waals surface area contributed by atoms with E-state index in [9.17, 15) is 4.79 Å². The molecule has 0 amide bonds. The molecule has 0 N–H and O–H groups in total. The third-order valence-corrected chi connectivity index (χ3v) is 2.78. The fourth-order valence-corrected chi connectivity index (χ4v) is 1.79. The van der Waals surface area contributed by atoms with E-state index in [0.717, 1.165) is 5.56 Å². The first-order chi connectivity index (χ1) is 10.3. The number of pyridine rings is 1. The molecular formula is C16H12N2O3. The predicted octanol–water partition coefficient (Wildman–Crippen LogP) is 2.46. The van der Waals surface area contributed by atoms with Crippen molar-refractivity contribution < 1.29 is 14.3 Å². The van der Waals surface area contributed by atoms with Crippen LogP contribution in [0.15, 0.2) is 65.5 Å². The van der Waals surface area contributed by atoms with Crippen LogP contribution in [-0.4, -0.2) is 23.5 Å². The number of nitrogens with zero attached hydrogens (tertiary/aromatic N) is 2. The molecule has 0 atom stereocenters. The smallest absolute Gasteiger partial charge is 0.363 e. The van der Waals surface area contributed by atoms with E-state index in [-0.39, 0.29) is 18.2 Å². The first kappa shape index (κ1) is 13.1. The molecule has 3 rings (SSSR count). The number of hydrogen-bond acceptors (Lipinski definition) is 5. The Hall–Kier alpha value is -2.95. The third-order valence-electron chi connectivity index (χ3n) is 2.78. The first-order valence-corrected chi connectivity index (χ1v) is 6.40. The zero-order valence-corrected chi connectivity index (χ0v) is 11.1. The van der Waals surface area contributed by atoms with E-state index in [2.05, 4.69) is 9.98 Å². The van der Waals surface area contributed by atoms with Gasteiger partial charge in [0.05, 0.1) is 0 Å². The maximum absolute atomic E-state index is 11.7. The fourth-order valence-electron chi connectivity index (χ4n) is 1.79. The number of aromatic nitrogens is 1. The molecule has 5 heteroatoms. The van der Waals surface area contributed by atoms with Crippen molar-refractivity contribution in [2.45, 2.75) is 0 Å². The van der Waals surface area contributed by atoms with Gasteiger partial charge in [-0.2, -0.15) is 0 Å². The molecule has 2 aromatic rings. The van der Waals surface area contributed by atoms with E-state index in [1.165, 1.54) is 0 Å². The normalized spacial score (nSPS) is 15.7. The number of carbonyl (C=O) groups is 1. The van der Waals surface area contributed by atoms with Gasteiger partial charge in [-0.05, 0) is 35.9 Å². The van der Waals surface area contributed by atoms with Gasteiger partial charge in [-0.25, -0.2) is 9.79 Å². The van der Waals surface area contributed by atoms with Crippen LogP contribution in [0, 0.1) is 0 Å². The van der Waals surface area contributed by atoms with Gasteiger partial charge in [0.15, 0.2) is 12.3 Å². The Morgan fingerprint density at radius 3 is 2.62 bits per heavy atom. The lowest BCUT2D eigenvalue weighted by Crippen LogP contribution is -2.13. The number of benzene rings is 1. The highest BCUT2D eigenvalue weighted by Gasteiger charge is 2.23. The summed E-state index contributed by atoms with van der Waals surface area (Å²) in [7, 11) is 0. The average Bonchev–Trinajstić information content (AvgIpc) is 2.87. The molecule has 1 aliphatic rings. The van der Waals surface area contributed by atoms with Gasteiger partial charge in [-0.1, -0.05) is 18.2 Å². The highest BCUT2D eigenvalue weighted by molar-refractivity contribution is 6.07. The van der Waals surface area contributed by atoms with Crippen molar-refractivity contribution >= 4 is 17.9 Å². The van der Waals surface area contributed by atoms with Crippen LogP contribution in [0.3, 0.4) is 0 Å². The van der Waals surface area contributed by atoms with Crippen LogP contribution in [0.2, 0.25) is 0 Å². The summed E-state index contributed by atoms with van der Waals surface area (Å²) in [5.74, 6) is 0.477. The molecule has 1 aromatic carbocycles. The van der Waals surface area contributed by atoms with Crippen molar-refractivity contribution in [3.05, 3.63) is 66.1 Å². The summed E-state index contributed by atoms with van der Waals surface area (Å²) in [6, 6.07) is 12.9. The summed E-state index contributed by atoms with van der Waals surface area (Å²) >= 11 is 0. The fraction of sp³-hybridized carbons (Fsp3) is 0.0625. The largest absolute Gasteiger partial charge is 0.484 e. The molecule has 0 saturated carbocycles. The Labute approximate surface area is 121 Å². The average molecular weight is 280 g/mol. The molecule has 0 unspecified atom stereocenters. The third kappa shape index (κ3) is 3.33. The second-order valence-corrected chi connectivity index (χ2v) is 4.31. The molecule has 1 aliphatic heterocycles. The number of para-hydroxylation sites is 1. The molecule has 0 aliphatic carbocycles. The molecular weight excluding hydrogens is 268 g/mol. The molecule has 0 radical (unpaired) electrons. The molecule has 2 heterocycles. The molecule has 1 aromatic heterocycles. The first-order valence-electron chi connectivity index (χ1n) is 6.40. The number of aliphatic imine (C=N–C) groups is 1. The zero-order valence-electron chi connectivity index (χ0n) is 11.1. The van der Waals surface area contributed by atoms with Crippen LogP contribution >= 0.6 is 0 Å². The Kier molecular flexibility index (Phi) is 3.73. The standard InChI is InChI=1S/C16H12N2O3/c19-16-14(10-12-6-8-17-9-7-12)18-15(21-16)11-20-13-4-2-1-3-5-13/h1-10H,11H2/b14-10+. The number of carbonyl (C=O) groups excluding carboxylic acids is 1. The van der Waals surface area contributed by atoms with Crippen molar-refractivity contribution in [1.82, 2.24) is 4.98 Å². The molecule has 0 saturated heterocycles. The van der Waals surface area contributed by atoms with Crippen molar-refractivity contribution in [1.29, 1.82) is 0 Å². The number of cyclic esters (lactones) is 1. The zero-order chi connectivity index (χ0) is 14.5. The van der Waals surface area contributed by atoms with Gasteiger partial charge in [-0.15, -0.1) is 0 Å². The van der Waals surface area contributed by atoms with Gasteiger partial charge < -0.3 is 9.47 Å². The Morgan fingerprint density at radius 2 is 1.86 bits per heavy atom. The maximum Gasteiger partial charge on any atom is 0.363 e. The van der Waals surface area contributed by atoms with Crippen molar-refractivity contribution in [2.75, 3.05) is 6.61 Å². The monoisotopic (exact) mass is 280 g/mol. The van der Waals surface area contributed by atoms with Gasteiger partial charge in [-0.3, -0.25) is 4.98 Å². The van der Waals surface area contributed by atoms with E-state index in [1.807, 2.05) is 30.3 Å². The van der Waals surface area contributed by atoms with Crippen LogP contribution in [-0.2, 0) is 9.53 Å². The summed E-state index contributed by atoms with van der Waals surface area (Å²) in [5, 5.41) is 0. The van der Waals surface area contributed by atoms with Gasteiger partial charge in [0, 0.05) is 12.4 Å². The summed E-state index contributed by atoms with van der Waals surface area (Å²) < 4.78 is 10.6. The van der Waals surface area contributed by atoms with E-state index >= 15 is 0 Å². The molecule has 104 valence electrons. The number of ether oxygens (including phenoxy) is 2. The van der Waals surface area contributed by atoms with Gasteiger partial charge >= 0.3 is 5.97 Å². The van der Waals surface area contributed by atoms with E-state index < -0.39 is 5.97 Å². The van der Waals surface area contributed by atoms with Crippen molar-refractivity contribution in [3.63, 3.8) is 0 Å². The van der Waals surface area contributed by atoms with Gasteiger partial charge in [0.25, 0.3) is 0 Å². The Bertz CT molecular complexity index is 694. The number of rotatable bonds is 4. The van der Waals surface area contributed by atoms with Crippen LogP contribution in [0.25, 0.3) is 6.08 Å².